The second-order valence-corrected chi connectivity index (χ2v) is 3.97. The van der Waals surface area contributed by atoms with Crippen molar-refractivity contribution >= 4 is 5.91 Å². The van der Waals surface area contributed by atoms with E-state index in [4.69, 9.17) is 9.84 Å². The Labute approximate surface area is 109 Å². The Hall–Kier alpha value is -1.93. The van der Waals surface area contributed by atoms with Crippen LogP contribution in [0.3, 0.4) is 0 Å². The number of aromatic nitrogens is 2. The van der Waals surface area contributed by atoms with Crippen molar-refractivity contribution < 1.29 is 14.6 Å². The summed E-state index contributed by atoms with van der Waals surface area (Å²) in [4.78, 5) is 36.0. The van der Waals surface area contributed by atoms with E-state index in [9.17, 15) is 14.4 Å². The molecule has 1 unspecified atom stereocenters. The van der Waals surface area contributed by atoms with Crippen molar-refractivity contribution in [1.82, 2.24) is 14.9 Å². The van der Waals surface area contributed by atoms with Crippen LogP contribution in [0.5, 0.6) is 0 Å². The van der Waals surface area contributed by atoms with Crippen LogP contribution in [0.4, 0.5) is 0 Å². The Morgan fingerprint density at radius 3 is 2.89 bits per heavy atom. The van der Waals surface area contributed by atoms with Gasteiger partial charge in [0.2, 0.25) is 5.91 Å². The molecule has 0 saturated carbocycles. The zero-order valence-electron chi connectivity index (χ0n) is 10.6. The highest BCUT2D eigenvalue weighted by atomic mass is 16.5. The summed E-state index contributed by atoms with van der Waals surface area (Å²) in [5, 5.41) is 11.5. The molecule has 0 aliphatic rings. The molecule has 1 amide bonds. The maximum absolute atomic E-state index is 11.7. The van der Waals surface area contributed by atoms with Crippen molar-refractivity contribution in [2.24, 2.45) is 0 Å². The molecule has 1 heterocycles. The Morgan fingerprint density at radius 2 is 2.32 bits per heavy atom. The molecule has 0 spiro atoms. The summed E-state index contributed by atoms with van der Waals surface area (Å²) >= 11 is 0. The first-order chi connectivity index (χ1) is 9.06. The van der Waals surface area contributed by atoms with Crippen LogP contribution < -0.4 is 16.6 Å². The van der Waals surface area contributed by atoms with Gasteiger partial charge in [0.25, 0.3) is 5.56 Å². The number of amides is 1. The van der Waals surface area contributed by atoms with E-state index in [1.807, 2.05) is 0 Å². The minimum Gasteiger partial charge on any atom is -0.396 e. The summed E-state index contributed by atoms with van der Waals surface area (Å²) in [6, 6.07) is 0.843. The van der Waals surface area contributed by atoms with Crippen LogP contribution in [0.1, 0.15) is 6.42 Å². The van der Waals surface area contributed by atoms with Gasteiger partial charge in [0.15, 0.2) is 0 Å². The standard InChI is InChI=1S/C11H17N3O5/c1-19-7-8(3-5-15)12-10(17)6-14-4-2-9(16)13-11(14)18/h2,4,8,15H,3,5-7H2,1H3,(H,12,17)(H,13,16,18). The fourth-order valence-corrected chi connectivity index (χ4v) is 1.55. The molecule has 0 aromatic carbocycles. The third kappa shape index (κ3) is 5.06. The van der Waals surface area contributed by atoms with Gasteiger partial charge >= 0.3 is 5.69 Å². The van der Waals surface area contributed by atoms with Gasteiger partial charge in [-0.2, -0.15) is 0 Å². The monoisotopic (exact) mass is 271 g/mol. The number of rotatable bonds is 7. The van der Waals surface area contributed by atoms with Gasteiger partial charge in [-0.1, -0.05) is 0 Å². The molecule has 1 atom stereocenters. The maximum atomic E-state index is 11.7. The molecule has 0 aliphatic heterocycles. The average molecular weight is 271 g/mol. The highest BCUT2D eigenvalue weighted by Gasteiger charge is 2.12. The second-order valence-electron chi connectivity index (χ2n) is 3.97. The fraction of sp³-hybridized carbons (Fsp3) is 0.545. The summed E-state index contributed by atoms with van der Waals surface area (Å²) in [5.74, 6) is -0.398. The highest BCUT2D eigenvalue weighted by Crippen LogP contribution is 1.92. The minimum atomic E-state index is -0.645. The lowest BCUT2D eigenvalue weighted by Gasteiger charge is -2.17. The zero-order chi connectivity index (χ0) is 14.3. The smallest absolute Gasteiger partial charge is 0.328 e. The first-order valence-corrected chi connectivity index (χ1v) is 5.75. The van der Waals surface area contributed by atoms with Crippen molar-refractivity contribution in [2.75, 3.05) is 20.3 Å². The van der Waals surface area contributed by atoms with E-state index in [1.54, 1.807) is 0 Å². The van der Waals surface area contributed by atoms with Gasteiger partial charge in [0, 0.05) is 26.0 Å². The minimum absolute atomic E-state index is 0.0765. The average Bonchev–Trinajstić information content (AvgIpc) is 2.33. The number of aliphatic hydroxyl groups excluding tert-OH is 1. The van der Waals surface area contributed by atoms with Crippen LogP contribution in [0.2, 0.25) is 0 Å². The Kier molecular flexibility index (Phi) is 5.97. The molecule has 0 bridgehead atoms. The van der Waals surface area contributed by atoms with Crippen LogP contribution in [-0.4, -0.2) is 46.9 Å². The van der Waals surface area contributed by atoms with Crippen molar-refractivity contribution in [2.45, 2.75) is 19.0 Å². The van der Waals surface area contributed by atoms with Gasteiger partial charge in [-0.15, -0.1) is 0 Å². The lowest BCUT2D eigenvalue weighted by atomic mass is 10.2. The molecule has 8 heteroatoms. The van der Waals surface area contributed by atoms with Crippen molar-refractivity contribution in [3.05, 3.63) is 33.1 Å². The molecule has 0 fully saturated rings. The van der Waals surface area contributed by atoms with Crippen molar-refractivity contribution in [1.29, 1.82) is 0 Å². The van der Waals surface area contributed by atoms with Gasteiger partial charge in [0.05, 0.1) is 12.6 Å². The van der Waals surface area contributed by atoms with Crippen molar-refractivity contribution in [3.8, 4) is 0 Å². The van der Waals surface area contributed by atoms with Crippen LogP contribution >= 0.6 is 0 Å². The Bertz CT molecular complexity index is 516. The van der Waals surface area contributed by atoms with Gasteiger partial charge in [0.1, 0.15) is 6.54 Å². The quantitative estimate of drug-likeness (QED) is 0.533. The van der Waals surface area contributed by atoms with E-state index in [2.05, 4.69) is 10.3 Å². The zero-order valence-corrected chi connectivity index (χ0v) is 10.6. The molecule has 3 N–H and O–H groups in total. The molecule has 0 saturated heterocycles. The summed E-state index contributed by atoms with van der Waals surface area (Å²) in [7, 11) is 1.49. The number of carbonyl (C=O) groups is 1. The molecular weight excluding hydrogens is 254 g/mol. The summed E-state index contributed by atoms with van der Waals surface area (Å²) < 4.78 is 5.99. The van der Waals surface area contributed by atoms with Crippen LogP contribution in [0.15, 0.2) is 21.9 Å². The molecule has 8 nitrogen and oxygen atoms in total. The lowest BCUT2D eigenvalue weighted by Crippen LogP contribution is -2.42. The normalized spacial score (nSPS) is 12.1. The Morgan fingerprint density at radius 1 is 1.58 bits per heavy atom. The number of H-pyrrole nitrogens is 1. The molecule has 0 aliphatic carbocycles. The van der Waals surface area contributed by atoms with Gasteiger partial charge < -0.3 is 15.2 Å². The SMILES string of the molecule is COCC(CCO)NC(=O)Cn1ccc(=O)[nH]c1=O. The third-order valence-electron chi connectivity index (χ3n) is 2.42. The van der Waals surface area contributed by atoms with E-state index >= 15 is 0 Å². The highest BCUT2D eigenvalue weighted by molar-refractivity contribution is 5.76. The van der Waals surface area contributed by atoms with Gasteiger partial charge in [-0.3, -0.25) is 19.1 Å². The Balaban J connectivity index is 2.63. The van der Waals surface area contributed by atoms with Crippen LogP contribution in [0.25, 0.3) is 0 Å². The molecule has 106 valence electrons. The summed E-state index contributed by atoms with van der Waals surface area (Å²) in [5.41, 5.74) is -1.16. The number of carbonyl (C=O) groups excluding carboxylic acids is 1. The largest absolute Gasteiger partial charge is 0.396 e. The summed E-state index contributed by atoms with van der Waals surface area (Å²) in [6.07, 6.45) is 1.61. The molecule has 1 rings (SSSR count). The first-order valence-electron chi connectivity index (χ1n) is 5.75. The number of methoxy groups -OCH3 is 1. The van der Waals surface area contributed by atoms with E-state index in [0.717, 1.165) is 10.6 Å². The second kappa shape index (κ2) is 7.49. The number of nitrogens with zero attached hydrogens (tertiary/aromatic N) is 1. The van der Waals surface area contributed by atoms with E-state index in [-0.39, 0.29) is 25.8 Å². The van der Waals surface area contributed by atoms with E-state index in [0.29, 0.717) is 6.42 Å². The first kappa shape index (κ1) is 15.1. The fourth-order valence-electron chi connectivity index (χ4n) is 1.55. The van der Waals surface area contributed by atoms with Gasteiger partial charge in [-0.05, 0) is 6.42 Å². The number of aromatic amines is 1. The van der Waals surface area contributed by atoms with Crippen LogP contribution in [0, 0.1) is 0 Å². The number of hydrogen-bond acceptors (Lipinski definition) is 5. The van der Waals surface area contributed by atoms with E-state index in [1.165, 1.54) is 13.3 Å². The van der Waals surface area contributed by atoms with Crippen LogP contribution in [-0.2, 0) is 16.1 Å². The third-order valence-corrected chi connectivity index (χ3v) is 2.42. The van der Waals surface area contributed by atoms with Crippen molar-refractivity contribution in [3.63, 3.8) is 0 Å². The molecule has 19 heavy (non-hydrogen) atoms. The molecule has 1 aromatic heterocycles. The number of ether oxygens (including phenoxy) is 1. The molecule has 0 radical (unpaired) electrons. The molecular formula is C11H17N3O5. The molecule has 1 aromatic rings. The predicted octanol–water partition coefficient (Wildman–Crippen LogP) is -1.95. The topological polar surface area (TPSA) is 113 Å². The van der Waals surface area contributed by atoms with E-state index < -0.39 is 17.2 Å². The number of nitrogens with one attached hydrogen (secondary N) is 2. The number of aliphatic hydroxyl groups is 1. The summed E-state index contributed by atoms with van der Waals surface area (Å²) in [6.45, 7) is -0.0129. The van der Waals surface area contributed by atoms with Gasteiger partial charge in [-0.25, -0.2) is 4.79 Å². The number of hydrogen-bond donors (Lipinski definition) is 3. The predicted molar refractivity (Wildman–Crippen MR) is 66.8 cm³/mol. The maximum Gasteiger partial charge on any atom is 0.328 e. The lowest BCUT2D eigenvalue weighted by molar-refractivity contribution is -0.122.